The smallest absolute Gasteiger partial charge is 0.224 e. The number of carbonyl (C=O) groups excluding carboxylic acids is 1. The van der Waals surface area contributed by atoms with Crippen LogP contribution in [0.15, 0.2) is 48.5 Å². The molecule has 0 fully saturated rings. The number of carbonyl (C=O) groups is 1. The summed E-state index contributed by atoms with van der Waals surface area (Å²) in [5.41, 5.74) is 0.672. The molecule has 2 aromatic rings. The second-order valence-corrected chi connectivity index (χ2v) is 4.85. The predicted molar refractivity (Wildman–Crippen MR) is 89.3 cm³/mol. The summed E-state index contributed by atoms with van der Waals surface area (Å²) >= 11 is 0. The predicted octanol–water partition coefficient (Wildman–Crippen LogP) is 3.50. The quantitative estimate of drug-likeness (QED) is 0.758. The van der Waals surface area contributed by atoms with Crippen molar-refractivity contribution >= 4 is 11.6 Å². The molecule has 0 aliphatic heterocycles. The van der Waals surface area contributed by atoms with Gasteiger partial charge in [0.15, 0.2) is 11.5 Å². The van der Waals surface area contributed by atoms with Crippen LogP contribution in [0.3, 0.4) is 0 Å². The van der Waals surface area contributed by atoms with Gasteiger partial charge in [0, 0.05) is 6.42 Å². The number of hydrogen-bond donors (Lipinski definition) is 1. The third-order valence-corrected chi connectivity index (χ3v) is 3.26. The van der Waals surface area contributed by atoms with E-state index in [2.05, 4.69) is 5.32 Å². The molecular weight excluding hydrogens is 294 g/mol. The number of hydrogen-bond acceptors (Lipinski definition) is 4. The maximum atomic E-state index is 12.0. The SMILES string of the molecule is COc1ccccc1NC(=O)CCCOc1ccccc1OC. The van der Waals surface area contributed by atoms with Crippen LogP contribution in [0, 0.1) is 0 Å². The summed E-state index contributed by atoms with van der Waals surface area (Å²) in [6.07, 6.45) is 0.978. The number of methoxy groups -OCH3 is 2. The van der Waals surface area contributed by atoms with Gasteiger partial charge in [-0.05, 0) is 30.7 Å². The van der Waals surface area contributed by atoms with E-state index < -0.39 is 0 Å². The summed E-state index contributed by atoms with van der Waals surface area (Å²) < 4.78 is 16.1. The number of amides is 1. The fourth-order valence-electron chi connectivity index (χ4n) is 2.11. The van der Waals surface area contributed by atoms with Crippen LogP contribution < -0.4 is 19.5 Å². The fourth-order valence-corrected chi connectivity index (χ4v) is 2.11. The Labute approximate surface area is 136 Å². The first-order valence-electron chi connectivity index (χ1n) is 7.43. The van der Waals surface area contributed by atoms with E-state index in [-0.39, 0.29) is 5.91 Å². The molecule has 23 heavy (non-hydrogen) atoms. The maximum absolute atomic E-state index is 12.0. The van der Waals surface area contributed by atoms with Crippen molar-refractivity contribution < 1.29 is 19.0 Å². The summed E-state index contributed by atoms with van der Waals surface area (Å²) in [6.45, 7) is 0.444. The summed E-state index contributed by atoms with van der Waals surface area (Å²) in [5, 5.41) is 2.84. The monoisotopic (exact) mass is 315 g/mol. The van der Waals surface area contributed by atoms with Crippen molar-refractivity contribution in [3.63, 3.8) is 0 Å². The van der Waals surface area contributed by atoms with Crippen LogP contribution >= 0.6 is 0 Å². The first-order valence-corrected chi connectivity index (χ1v) is 7.43. The van der Waals surface area contributed by atoms with Gasteiger partial charge in [-0.2, -0.15) is 0 Å². The van der Waals surface area contributed by atoms with Gasteiger partial charge in [-0.3, -0.25) is 4.79 Å². The average molecular weight is 315 g/mol. The van der Waals surface area contributed by atoms with Gasteiger partial charge in [-0.15, -0.1) is 0 Å². The first-order chi connectivity index (χ1) is 11.2. The Morgan fingerprint density at radius 2 is 1.52 bits per heavy atom. The molecule has 0 aliphatic carbocycles. The molecule has 1 N–H and O–H groups in total. The number of benzene rings is 2. The Morgan fingerprint density at radius 3 is 2.22 bits per heavy atom. The van der Waals surface area contributed by atoms with Gasteiger partial charge >= 0.3 is 0 Å². The number of para-hydroxylation sites is 4. The molecule has 2 aromatic carbocycles. The zero-order valence-corrected chi connectivity index (χ0v) is 13.4. The van der Waals surface area contributed by atoms with E-state index in [4.69, 9.17) is 14.2 Å². The zero-order valence-electron chi connectivity index (χ0n) is 13.4. The highest BCUT2D eigenvalue weighted by molar-refractivity contribution is 5.92. The van der Waals surface area contributed by atoms with Crippen molar-refractivity contribution in [3.8, 4) is 17.2 Å². The summed E-state index contributed by atoms with van der Waals surface area (Å²) in [5.74, 6) is 1.94. The third kappa shape index (κ3) is 4.92. The van der Waals surface area contributed by atoms with E-state index in [1.807, 2.05) is 42.5 Å². The molecule has 5 nitrogen and oxygen atoms in total. The molecule has 0 radical (unpaired) electrons. The minimum Gasteiger partial charge on any atom is -0.495 e. The Morgan fingerprint density at radius 1 is 0.913 bits per heavy atom. The van der Waals surface area contributed by atoms with E-state index >= 15 is 0 Å². The first kappa shape index (κ1) is 16.7. The van der Waals surface area contributed by atoms with Crippen LogP contribution in [-0.4, -0.2) is 26.7 Å². The van der Waals surface area contributed by atoms with Crippen LogP contribution in [0.2, 0.25) is 0 Å². The van der Waals surface area contributed by atoms with Gasteiger partial charge in [0.1, 0.15) is 5.75 Å². The van der Waals surface area contributed by atoms with Crippen LogP contribution in [0.4, 0.5) is 5.69 Å². The van der Waals surface area contributed by atoms with E-state index in [9.17, 15) is 4.79 Å². The van der Waals surface area contributed by atoms with Gasteiger partial charge in [0.25, 0.3) is 0 Å². The molecule has 0 bridgehead atoms. The van der Waals surface area contributed by atoms with Crippen LogP contribution in [-0.2, 0) is 4.79 Å². The molecule has 0 saturated heterocycles. The highest BCUT2D eigenvalue weighted by Gasteiger charge is 2.07. The molecule has 0 aromatic heterocycles. The lowest BCUT2D eigenvalue weighted by Crippen LogP contribution is -2.13. The molecule has 0 aliphatic rings. The van der Waals surface area contributed by atoms with Crippen molar-refractivity contribution in [3.05, 3.63) is 48.5 Å². The summed E-state index contributed by atoms with van der Waals surface area (Å²) in [4.78, 5) is 12.0. The van der Waals surface area contributed by atoms with E-state index in [0.717, 1.165) is 0 Å². The van der Waals surface area contributed by atoms with Crippen molar-refractivity contribution in [2.45, 2.75) is 12.8 Å². The summed E-state index contributed by atoms with van der Waals surface area (Å²) in [6, 6.07) is 14.8. The Bertz CT molecular complexity index is 642. The fraction of sp³-hybridized carbons (Fsp3) is 0.278. The third-order valence-electron chi connectivity index (χ3n) is 3.26. The highest BCUT2D eigenvalue weighted by atomic mass is 16.5. The summed E-state index contributed by atoms with van der Waals surface area (Å²) in [7, 11) is 3.18. The Balaban J connectivity index is 1.77. The van der Waals surface area contributed by atoms with Gasteiger partial charge in [0.2, 0.25) is 5.91 Å². The molecule has 5 heteroatoms. The maximum Gasteiger partial charge on any atom is 0.224 e. The lowest BCUT2D eigenvalue weighted by Gasteiger charge is -2.11. The number of nitrogens with one attached hydrogen (secondary N) is 1. The van der Waals surface area contributed by atoms with E-state index in [1.165, 1.54) is 0 Å². The topological polar surface area (TPSA) is 56.8 Å². The molecule has 1 amide bonds. The van der Waals surface area contributed by atoms with E-state index in [0.29, 0.717) is 42.4 Å². The molecule has 2 rings (SSSR count). The van der Waals surface area contributed by atoms with Crippen LogP contribution in [0.25, 0.3) is 0 Å². The molecule has 0 unspecified atom stereocenters. The van der Waals surface area contributed by atoms with Gasteiger partial charge in [-0.25, -0.2) is 0 Å². The van der Waals surface area contributed by atoms with Crippen molar-refractivity contribution in [2.24, 2.45) is 0 Å². The Hall–Kier alpha value is -2.69. The van der Waals surface area contributed by atoms with Gasteiger partial charge in [0.05, 0.1) is 26.5 Å². The van der Waals surface area contributed by atoms with Crippen molar-refractivity contribution in [1.82, 2.24) is 0 Å². The van der Waals surface area contributed by atoms with Gasteiger partial charge < -0.3 is 19.5 Å². The van der Waals surface area contributed by atoms with Gasteiger partial charge in [-0.1, -0.05) is 24.3 Å². The minimum absolute atomic E-state index is 0.0712. The largest absolute Gasteiger partial charge is 0.495 e. The van der Waals surface area contributed by atoms with Crippen molar-refractivity contribution in [1.29, 1.82) is 0 Å². The zero-order chi connectivity index (χ0) is 16.5. The molecular formula is C18H21NO4. The highest BCUT2D eigenvalue weighted by Crippen LogP contribution is 2.26. The lowest BCUT2D eigenvalue weighted by molar-refractivity contribution is -0.116. The molecule has 0 spiro atoms. The Kier molecular flexibility index (Phi) is 6.29. The van der Waals surface area contributed by atoms with Crippen molar-refractivity contribution in [2.75, 3.05) is 26.1 Å². The number of ether oxygens (including phenoxy) is 3. The molecule has 122 valence electrons. The number of anilines is 1. The van der Waals surface area contributed by atoms with Crippen LogP contribution in [0.1, 0.15) is 12.8 Å². The second kappa shape index (κ2) is 8.68. The average Bonchev–Trinajstić information content (AvgIpc) is 2.59. The minimum atomic E-state index is -0.0712. The molecule has 0 saturated carbocycles. The molecule has 0 heterocycles. The molecule has 0 atom stereocenters. The number of rotatable bonds is 8. The normalized spacial score (nSPS) is 10.0. The van der Waals surface area contributed by atoms with Crippen LogP contribution in [0.5, 0.6) is 17.2 Å². The van der Waals surface area contributed by atoms with E-state index in [1.54, 1.807) is 20.3 Å². The standard InChI is InChI=1S/C18H21NO4/c1-21-15-9-4-3-8-14(15)19-18(20)12-7-13-23-17-11-6-5-10-16(17)22-2/h3-6,8-11H,7,12-13H2,1-2H3,(H,19,20). The lowest BCUT2D eigenvalue weighted by atomic mass is 10.2. The second-order valence-electron chi connectivity index (χ2n) is 4.85.